The molecule has 0 unspecified atom stereocenters. The summed E-state index contributed by atoms with van der Waals surface area (Å²) in [4.78, 5) is 20.8. The SMILES string of the molecule is Cl.Cn1c(Cl)nc(-c2ccncc2)c(-c2cccc(C(F)(F)F)c2)c1=O. The van der Waals surface area contributed by atoms with E-state index < -0.39 is 17.3 Å². The van der Waals surface area contributed by atoms with Crippen LogP contribution in [0.4, 0.5) is 13.2 Å². The van der Waals surface area contributed by atoms with Gasteiger partial charge in [-0.25, -0.2) is 4.98 Å². The smallest absolute Gasteiger partial charge is 0.286 e. The number of hydrogen-bond donors (Lipinski definition) is 0. The van der Waals surface area contributed by atoms with Gasteiger partial charge in [0.25, 0.3) is 5.56 Å². The summed E-state index contributed by atoms with van der Waals surface area (Å²) in [6.07, 6.45) is -1.52. The number of rotatable bonds is 2. The number of nitrogens with zero attached hydrogens (tertiary/aromatic N) is 3. The molecule has 136 valence electrons. The number of halogens is 5. The van der Waals surface area contributed by atoms with Gasteiger partial charge in [-0.15, -0.1) is 12.4 Å². The van der Waals surface area contributed by atoms with E-state index in [9.17, 15) is 18.0 Å². The molecule has 0 atom stereocenters. The van der Waals surface area contributed by atoms with Gasteiger partial charge in [-0.2, -0.15) is 13.2 Å². The average molecular weight is 402 g/mol. The van der Waals surface area contributed by atoms with Gasteiger partial charge in [-0.3, -0.25) is 14.3 Å². The van der Waals surface area contributed by atoms with Crippen molar-refractivity contribution in [3.8, 4) is 22.4 Å². The van der Waals surface area contributed by atoms with Gasteiger partial charge in [0.1, 0.15) is 0 Å². The van der Waals surface area contributed by atoms with Gasteiger partial charge < -0.3 is 0 Å². The molecule has 0 radical (unpaired) electrons. The molecule has 3 aromatic rings. The summed E-state index contributed by atoms with van der Waals surface area (Å²) in [5.41, 5.74) is -0.485. The maximum Gasteiger partial charge on any atom is 0.416 e. The largest absolute Gasteiger partial charge is 0.416 e. The number of hydrogen-bond acceptors (Lipinski definition) is 3. The van der Waals surface area contributed by atoms with Gasteiger partial charge >= 0.3 is 6.18 Å². The van der Waals surface area contributed by atoms with E-state index >= 15 is 0 Å². The minimum absolute atomic E-state index is 0. The average Bonchev–Trinajstić information content (AvgIpc) is 2.59. The highest BCUT2D eigenvalue weighted by Gasteiger charge is 2.31. The van der Waals surface area contributed by atoms with Crippen molar-refractivity contribution in [2.45, 2.75) is 6.18 Å². The van der Waals surface area contributed by atoms with Crippen LogP contribution in [0.1, 0.15) is 5.56 Å². The number of alkyl halides is 3. The lowest BCUT2D eigenvalue weighted by atomic mass is 9.99. The van der Waals surface area contributed by atoms with Crippen molar-refractivity contribution < 1.29 is 13.2 Å². The van der Waals surface area contributed by atoms with Crippen LogP contribution in [0.25, 0.3) is 22.4 Å². The monoisotopic (exact) mass is 401 g/mol. The number of pyridine rings is 1. The molecule has 2 aromatic heterocycles. The second kappa shape index (κ2) is 7.47. The Labute approximate surface area is 157 Å². The summed E-state index contributed by atoms with van der Waals surface area (Å²) in [5, 5.41) is -0.0625. The molecular weight excluding hydrogens is 390 g/mol. The molecule has 4 nitrogen and oxygen atoms in total. The van der Waals surface area contributed by atoms with E-state index in [0.717, 1.165) is 16.7 Å². The Hall–Kier alpha value is -2.38. The fourth-order valence-electron chi connectivity index (χ4n) is 2.41. The highest BCUT2D eigenvalue weighted by atomic mass is 35.5. The van der Waals surface area contributed by atoms with E-state index in [1.165, 1.54) is 31.6 Å². The van der Waals surface area contributed by atoms with Gasteiger partial charge in [0, 0.05) is 25.0 Å². The molecule has 0 saturated carbocycles. The molecule has 0 aliphatic carbocycles. The molecule has 0 aliphatic rings. The minimum atomic E-state index is -4.52. The van der Waals surface area contributed by atoms with E-state index in [0.29, 0.717) is 5.56 Å². The summed E-state index contributed by atoms with van der Waals surface area (Å²) < 4.78 is 40.2. The minimum Gasteiger partial charge on any atom is -0.286 e. The van der Waals surface area contributed by atoms with E-state index in [2.05, 4.69) is 9.97 Å². The number of aromatic nitrogens is 3. The Bertz CT molecular complexity index is 989. The Balaban J connectivity index is 0.00000243. The molecule has 3 rings (SSSR count). The van der Waals surface area contributed by atoms with E-state index in [4.69, 9.17) is 11.6 Å². The summed E-state index contributed by atoms with van der Waals surface area (Å²) in [6, 6.07) is 7.78. The summed E-state index contributed by atoms with van der Waals surface area (Å²) in [7, 11) is 1.41. The zero-order chi connectivity index (χ0) is 18.2. The Morgan fingerprint density at radius 3 is 2.35 bits per heavy atom. The van der Waals surface area contributed by atoms with Crippen LogP contribution in [0.5, 0.6) is 0 Å². The van der Waals surface area contributed by atoms with Crippen LogP contribution in [-0.2, 0) is 13.2 Å². The maximum atomic E-state index is 13.0. The van der Waals surface area contributed by atoms with Crippen LogP contribution in [0.2, 0.25) is 5.28 Å². The van der Waals surface area contributed by atoms with Crippen molar-refractivity contribution >= 4 is 24.0 Å². The molecule has 0 amide bonds. The lowest BCUT2D eigenvalue weighted by molar-refractivity contribution is -0.137. The molecular formula is C17H12Cl2F3N3O. The molecule has 1 aromatic carbocycles. The second-order valence-corrected chi connectivity index (χ2v) is 5.62. The van der Waals surface area contributed by atoms with Crippen molar-refractivity contribution in [2.75, 3.05) is 0 Å². The van der Waals surface area contributed by atoms with Crippen LogP contribution in [0.15, 0.2) is 53.6 Å². The molecule has 0 bridgehead atoms. The quantitative estimate of drug-likeness (QED) is 0.589. The van der Waals surface area contributed by atoms with Gasteiger partial charge in [0.2, 0.25) is 5.28 Å². The van der Waals surface area contributed by atoms with Crippen LogP contribution in [0, 0.1) is 0 Å². The first-order valence-electron chi connectivity index (χ1n) is 7.13. The lowest BCUT2D eigenvalue weighted by Crippen LogP contribution is -2.22. The number of benzene rings is 1. The normalized spacial score (nSPS) is 11.1. The van der Waals surface area contributed by atoms with Crippen LogP contribution in [0.3, 0.4) is 0 Å². The Morgan fingerprint density at radius 2 is 1.73 bits per heavy atom. The lowest BCUT2D eigenvalue weighted by Gasteiger charge is -2.13. The standard InChI is InChI=1S/C17H11ClF3N3O.ClH/c1-24-15(25)13(11-3-2-4-12(9-11)17(19,20)21)14(23-16(24)18)10-5-7-22-8-6-10;/h2-9H,1H3;1H. The van der Waals surface area contributed by atoms with Gasteiger partial charge in [-0.1, -0.05) is 12.1 Å². The summed E-state index contributed by atoms with van der Waals surface area (Å²) in [5.74, 6) is 0. The van der Waals surface area contributed by atoms with Gasteiger partial charge in [-0.05, 0) is 41.4 Å². The van der Waals surface area contributed by atoms with Crippen molar-refractivity contribution in [1.82, 2.24) is 14.5 Å². The Morgan fingerprint density at radius 1 is 1.08 bits per heavy atom. The van der Waals surface area contributed by atoms with Crippen LogP contribution in [-0.4, -0.2) is 14.5 Å². The Kier molecular flexibility index (Phi) is 5.73. The molecule has 9 heteroatoms. The van der Waals surface area contributed by atoms with Crippen LogP contribution < -0.4 is 5.56 Å². The van der Waals surface area contributed by atoms with Gasteiger partial charge in [0.15, 0.2) is 0 Å². The molecule has 2 heterocycles. The van der Waals surface area contributed by atoms with Crippen molar-refractivity contribution in [3.05, 3.63) is 70.0 Å². The second-order valence-electron chi connectivity index (χ2n) is 5.28. The summed E-state index contributed by atoms with van der Waals surface area (Å²) in [6.45, 7) is 0. The summed E-state index contributed by atoms with van der Waals surface area (Å²) >= 11 is 5.99. The van der Waals surface area contributed by atoms with Gasteiger partial charge in [0.05, 0.1) is 16.8 Å². The predicted molar refractivity (Wildman–Crippen MR) is 95.4 cm³/mol. The third-order valence-electron chi connectivity index (χ3n) is 3.67. The first kappa shape index (κ1) is 19.9. The first-order chi connectivity index (χ1) is 11.8. The van der Waals surface area contributed by atoms with E-state index in [1.807, 2.05) is 0 Å². The molecule has 0 spiro atoms. The maximum absolute atomic E-state index is 13.0. The third-order valence-corrected chi connectivity index (χ3v) is 4.01. The molecule has 26 heavy (non-hydrogen) atoms. The van der Waals surface area contributed by atoms with Crippen molar-refractivity contribution in [1.29, 1.82) is 0 Å². The molecule has 0 fully saturated rings. The highest BCUT2D eigenvalue weighted by Crippen LogP contribution is 2.34. The van der Waals surface area contributed by atoms with E-state index in [-0.39, 0.29) is 34.5 Å². The predicted octanol–water partition coefficient (Wildman–Crippen LogP) is 4.60. The molecule has 0 saturated heterocycles. The van der Waals surface area contributed by atoms with Crippen molar-refractivity contribution in [3.63, 3.8) is 0 Å². The van der Waals surface area contributed by atoms with E-state index in [1.54, 1.807) is 12.1 Å². The molecule has 0 N–H and O–H groups in total. The third kappa shape index (κ3) is 3.73. The van der Waals surface area contributed by atoms with Crippen LogP contribution >= 0.6 is 24.0 Å². The first-order valence-corrected chi connectivity index (χ1v) is 7.51. The fourth-order valence-corrected chi connectivity index (χ4v) is 2.57. The van der Waals surface area contributed by atoms with Crippen molar-refractivity contribution in [2.24, 2.45) is 7.05 Å². The zero-order valence-electron chi connectivity index (χ0n) is 13.3. The highest BCUT2D eigenvalue weighted by molar-refractivity contribution is 6.28. The molecule has 0 aliphatic heterocycles. The zero-order valence-corrected chi connectivity index (χ0v) is 14.9. The fraction of sp³-hybridized carbons (Fsp3) is 0.118. The topological polar surface area (TPSA) is 47.8 Å².